The lowest BCUT2D eigenvalue weighted by molar-refractivity contribution is -0.127. The molecule has 2 aliphatic heterocycles. The fourth-order valence-corrected chi connectivity index (χ4v) is 3.76. The summed E-state index contributed by atoms with van der Waals surface area (Å²) < 4.78 is 5.83. The summed E-state index contributed by atoms with van der Waals surface area (Å²) in [5.74, 6) is 0.531. The smallest absolute Gasteiger partial charge is 0.140 e. The molecule has 0 spiro atoms. The summed E-state index contributed by atoms with van der Waals surface area (Å²) in [6.45, 7) is 0. The first-order valence-corrected chi connectivity index (χ1v) is 7.80. The van der Waals surface area contributed by atoms with Crippen molar-refractivity contribution in [1.29, 1.82) is 0 Å². The largest absolute Gasteiger partial charge is 0.375 e. The van der Waals surface area contributed by atoms with Gasteiger partial charge in [0.05, 0.1) is 17.7 Å². The van der Waals surface area contributed by atoms with Gasteiger partial charge in [0.2, 0.25) is 0 Å². The minimum absolute atomic E-state index is 0.176. The van der Waals surface area contributed by atoms with Crippen LogP contribution >= 0.6 is 0 Å². The molecule has 108 valence electrons. The molecule has 2 bridgehead atoms. The van der Waals surface area contributed by atoms with Crippen molar-refractivity contribution in [2.75, 3.05) is 0 Å². The molecule has 21 heavy (non-hydrogen) atoms. The molecule has 4 rings (SSSR count). The van der Waals surface area contributed by atoms with E-state index in [1.54, 1.807) is 6.20 Å². The van der Waals surface area contributed by atoms with Crippen molar-refractivity contribution in [3.63, 3.8) is 0 Å². The number of rotatable bonds is 3. The highest BCUT2D eigenvalue weighted by Crippen LogP contribution is 2.36. The molecule has 0 N–H and O–H groups in total. The number of hydrogen-bond acceptors (Lipinski definition) is 3. The molecule has 0 amide bonds. The molecule has 0 saturated carbocycles. The highest BCUT2D eigenvalue weighted by molar-refractivity contribution is 5.89. The Bertz CT molecular complexity index is 664. The standard InChI is InChI=1S/C18H19NO2/c20-17(14-9-15-6-7-16(10-14)21-15)11-13-4-1-3-12-5-2-8-19-18(12)13/h1-5,8,14-16H,6-7,9-11H2. The Labute approximate surface area is 124 Å². The second kappa shape index (κ2) is 5.23. The molecule has 2 unspecified atom stereocenters. The number of Topliss-reactive ketones (excluding diaryl/α,β-unsaturated/α-hetero) is 1. The molecule has 2 saturated heterocycles. The molecule has 3 nitrogen and oxygen atoms in total. The lowest BCUT2D eigenvalue weighted by atomic mass is 9.88. The summed E-state index contributed by atoms with van der Waals surface area (Å²) in [4.78, 5) is 17.1. The van der Waals surface area contributed by atoms with E-state index in [2.05, 4.69) is 4.98 Å². The Hall–Kier alpha value is -1.74. The molecule has 0 radical (unpaired) electrons. The van der Waals surface area contributed by atoms with E-state index in [1.165, 1.54) is 0 Å². The summed E-state index contributed by atoms with van der Waals surface area (Å²) in [6, 6.07) is 10.1. The van der Waals surface area contributed by atoms with Crippen LogP contribution in [0.1, 0.15) is 31.2 Å². The SMILES string of the molecule is O=C(Cc1cccc2cccnc12)C1CC2CCC(C1)O2. The summed E-state index contributed by atoms with van der Waals surface area (Å²) >= 11 is 0. The fourth-order valence-electron chi connectivity index (χ4n) is 3.76. The Morgan fingerprint density at radius 1 is 1.14 bits per heavy atom. The first-order valence-electron chi connectivity index (χ1n) is 7.80. The Morgan fingerprint density at radius 3 is 2.71 bits per heavy atom. The van der Waals surface area contributed by atoms with Crippen LogP contribution in [0.15, 0.2) is 36.5 Å². The van der Waals surface area contributed by atoms with Crippen LogP contribution in [-0.2, 0) is 16.0 Å². The molecule has 0 aliphatic carbocycles. The summed E-state index contributed by atoms with van der Waals surface area (Å²) in [7, 11) is 0. The quantitative estimate of drug-likeness (QED) is 0.866. The van der Waals surface area contributed by atoms with Crippen LogP contribution in [0.2, 0.25) is 0 Å². The van der Waals surface area contributed by atoms with E-state index in [1.807, 2.05) is 30.3 Å². The van der Waals surface area contributed by atoms with E-state index in [0.29, 0.717) is 24.4 Å². The first-order chi connectivity index (χ1) is 10.3. The zero-order chi connectivity index (χ0) is 14.2. The van der Waals surface area contributed by atoms with Crippen molar-refractivity contribution in [1.82, 2.24) is 4.98 Å². The summed E-state index contributed by atoms with van der Waals surface area (Å²) in [6.07, 6.45) is 7.02. The molecule has 1 aromatic carbocycles. The molecular formula is C18H19NO2. The number of para-hydroxylation sites is 1. The predicted molar refractivity (Wildman–Crippen MR) is 81.1 cm³/mol. The van der Waals surface area contributed by atoms with Gasteiger partial charge >= 0.3 is 0 Å². The zero-order valence-electron chi connectivity index (χ0n) is 12.0. The lowest BCUT2D eigenvalue weighted by Gasteiger charge is -2.27. The van der Waals surface area contributed by atoms with Gasteiger partial charge in [-0.3, -0.25) is 9.78 Å². The van der Waals surface area contributed by atoms with Crippen molar-refractivity contribution < 1.29 is 9.53 Å². The summed E-state index contributed by atoms with van der Waals surface area (Å²) in [5.41, 5.74) is 2.01. The topological polar surface area (TPSA) is 39.2 Å². The number of nitrogens with zero attached hydrogens (tertiary/aromatic N) is 1. The number of carbonyl (C=O) groups is 1. The Kier molecular flexibility index (Phi) is 3.23. The van der Waals surface area contributed by atoms with E-state index < -0.39 is 0 Å². The third-order valence-electron chi connectivity index (χ3n) is 4.83. The van der Waals surface area contributed by atoms with Crippen LogP contribution in [0.5, 0.6) is 0 Å². The number of hydrogen-bond donors (Lipinski definition) is 0. The number of benzene rings is 1. The maximum Gasteiger partial charge on any atom is 0.140 e. The number of fused-ring (bicyclic) bond motifs is 3. The van der Waals surface area contributed by atoms with Crippen molar-refractivity contribution in [3.05, 3.63) is 42.1 Å². The van der Waals surface area contributed by atoms with Crippen LogP contribution < -0.4 is 0 Å². The van der Waals surface area contributed by atoms with E-state index in [4.69, 9.17) is 4.74 Å². The van der Waals surface area contributed by atoms with Crippen LogP contribution in [0.4, 0.5) is 0 Å². The van der Waals surface area contributed by atoms with Crippen molar-refractivity contribution in [2.45, 2.75) is 44.3 Å². The van der Waals surface area contributed by atoms with Crippen LogP contribution in [-0.4, -0.2) is 23.0 Å². The molecule has 2 aromatic rings. The molecule has 2 fully saturated rings. The monoisotopic (exact) mass is 281 g/mol. The maximum absolute atomic E-state index is 12.6. The van der Waals surface area contributed by atoms with Crippen molar-refractivity contribution in [2.24, 2.45) is 5.92 Å². The number of carbonyl (C=O) groups excluding carboxylic acids is 1. The van der Waals surface area contributed by atoms with Gasteiger partial charge in [-0.05, 0) is 37.3 Å². The van der Waals surface area contributed by atoms with Crippen molar-refractivity contribution in [3.8, 4) is 0 Å². The minimum Gasteiger partial charge on any atom is -0.375 e. The van der Waals surface area contributed by atoms with Crippen LogP contribution in [0, 0.1) is 5.92 Å². The normalized spacial score (nSPS) is 27.9. The molecule has 2 atom stereocenters. The highest BCUT2D eigenvalue weighted by Gasteiger charge is 2.37. The van der Waals surface area contributed by atoms with E-state index >= 15 is 0 Å². The lowest BCUT2D eigenvalue weighted by Crippen LogP contribution is -2.30. The third kappa shape index (κ3) is 2.46. The molecule has 3 heteroatoms. The fraction of sp³-hybridized carbons (Fsp3) is 0.444. The van der Waals surface area contributed by atoms with Crippen LogP contribution in [0.3, 0.4) is 0 Å². The predicted octanol–water partition coefficient (Wildman–Crippen LogP) is 3.30. The Morgan fingerprint density at radius 2 is 1.90 bits per heavy atom. The number of ether oxygens (including phenoxy) is 1. The second-order valence-corrected chi connectivity index (χ2v) is 6.26. The number of ketones is 1. The van der Waals surface area contributed by atoms with Gasteiger partial charge in [-0.2, -0.15) is 0 Å². The average molecular weight is 281 g/mol. The third-order valence-corrected chi connectivity index (χ3v) is 4.83. The number of aromatic nitrogens is 1. The maximum atomic E-state index is 12.6. The van der Waals surface area contributed by atoms with Crippen LogP contribution in [0.25, 0.3) is 10.9 Å². The molecule has 3 heterocycles. The van der Waals surface area contributed by atoms with Gasteiger partial charge in [-0.25, -0.2) is 0 Å². The highest BCUT2D eigenvalue weighted by atomic mass is 16.5. The minimum atomic E-state index is 0.176. The second-order valence-electron chi connectivity index (χ2n) is 6.26. The van der Waals surface area contributed by atoms with Gasteiger partial charge in [-0.15, -0.1) is 0 Å². The van der Waals surface area contributed by atoms with Gasteiger partial charge < -0.3 is 4.74 Å². The first kappa shape index (κ1) is 13.0. The van der Waals surface area contributed by atoms with Gasteiger partial charge in [0.25, 0.3) is 0 Å². The van der Waals surface area contributed by atoms with E-state index in [-0.39, 0.29) is 5.92 Å². The molecule has 1 aromatic heterocycles. The van der Waals surface area contributed by atoms with Gasteiger partial charge in [-0.1, -0.05) is 24.3 Å². The van der Waals surface area contributed by atoms with Crippen molar-refractivity contribution >= 4 is 16.7 Å². The average Bonchev–Trinajstić information content (AvgIpc) is 2.86. The van der Waals surface area contributed by atoms with Gasteiger partial charge in [0, 0.05) is 23.9 Å². The number of pyridine rings is 1. The summed E-state index contributed by atoms with van der Waals surface area (Å²) in [5, 5.41) is 1.11. The van der Waals surface area contributed by atoms with Gasteiger partial charge in [0.15, 0.2) is 0 Å². The zero-order valence-corrected chi connectivity index (χ0v) is 12.0. The van der Waals surface area contributed by atoms with E-state index in [0.717, 1.165) is 42.1 Å². The molecule has 2 aliphatic rings. The van der Waals surface area contributed by atoms with Gasteiger partial charge in [0.1, 0.15) is 5.78 Å². The Balaban J connectivity index is 1.56. The van der Waals surface area contributed by atoms with E-state index in [9.17, 15) is 4.79 Å². The molecular weight excluding hydrogens is 262 g/mol.